The van der Waals surface area contributed by atoms with Gasteiger partial charge in [-0.3, -0.25) is 0 Å². The molecule has 3 aromatic rings. The maximum Gasteiger partial charge on any atom is 0.341 e. The first-order valence-electron chi connectivity index (χ1n) is 11.1. The summed E-state index contributed by atoms with van der Waals surface area (Å²) in [6.07, 6.45) is 2.30. The van der Waals surface area contributed by atoms with Gasteiger partial charge in [0, 0.05) is 18.2 Å². The molecule has 9 nitrogen and oxygen atoms in total. The van der Waals surface area contributed by atoms with E-state index >= 15 is 0 Å². The van der Waals surface area contributed by atoms with Gasteiger partial charge in [0.25, 0.3) is 0 Å². The molecule has 0 atom stereocenters. The smallest absolute Gasteiger partial charge is 0.341 e. The Kier molecular flexibility index (Phi) is 7.31. The second-order valence-corrected chi connectivity index (χ2v) is 7.66. The lowest BCUT2D eigenvalue weighted by Gasteiger charge is -2.20. The molecule has 1 aliphatic heterocycles. The summed E-state index contributed by atoms with van der Waals surface area (Å²) in [4.78, 5) is 19.5. The number of carboxylic acids is 1. The van der Waals surface area contributed by atoms with Gasteiger partial charge in [0.2, 0.25) is 0 Å². The van der Waals surface area contributed by atoms with Crippen LogP contribution in [0.4, 0.5) is 5.82 Å². The van der Waals surface area contributed by atoms with Crippen LogP contribution in [0.1, 0.15) is 18.1 Å². The lowest BCUT2D eigenvalue weighted by molar-refractivity contribution is -0.139. The van der Waals surface area contributed by atoms with Gasteiger partial charge in [-0.25, -0.2) is 14.8 Å². The van der Waals surface area contributed by atoms with E-state index in [4.69, 9.17) is 24.1 Å². The first-order valence-corrected chi connectivity index (χ1v) is 11.1. The van der Waals surface area contributed by atoms with E-state index in [0.717, 1.165) is 29.0 Å². The summed E-state index contributed by atoms with van der Waals surface area (Å²) in [6, 6.07) is 11.2. The second kappa shape index (κ2) is 10.7. The number of benzene rings is 2. The first-order chi connectivity index (χ1) is 16.5. The molecule has 0 aliphatic carbocycles. The highest BCUT2D eigenvalue weighted by Crippen LogP contribution is 2.34. The van der Waals surface area contributed by atoms with E-state index < -0.39 is 12.6 Å². The van der Waals surface area contributed by atoms with Crippen LogP contribution in [-0.4, -0.2) is 54.0 Å². The van der Waals surface area contributed by atoms with Crippen LogP contribution in [0.25, 0.3) is 11.3 Å². The van der Waals surface area contributed by atoms with Crippen molar-refractivity contribution in [1.29, 1.82) is 0 Å². The number of hydrogen-bond donors (Lipinski definition) is 2. The van der Waals surface area contributed by atoms with E-state index in [2.05, 4.69) is 22.2 Å². The number of rotatable bonds is 10. The fraction of sp³-hybridized carbons (Fsp3) is 0.320. The third kappa shape index (κ3) is 5.67. The van der Waals surface area contributed by atoms with Gasteiger partial charge in [-0.2, -0.15) is 0 Å². The molecule has 2 heterocycles. The molecule has 2 N–H and O–H groups in total. The van der Waals surface area contributed by atoms with Gasteiger partial charge in [-0.05, 0) is 61.7 Å². The third-order valence-corrected chi connectivity index (χ3v) is 5.26. The van der Waals surface area contributed by atoms with E-state index in [-0.39, 0.29) is 0 Å². The minimum absolute atomic E-state index is 0.371. The number of carboxylic acid groups (broad SMARTS) is 1. The Hall–Kier alpha value is -4.01. The number of aromatic nitrogens is 2. The largest absolute Gasteiger partial charge is 0.490 e. The molecule has 0 saturated heterocycles. The normalized spacial score (nSPS) is 12.2. The molecule has 1 aliphatic rings. The molecule has 0 amide bonds. The number of carbonyl (C=O) groups is 1. The molecule has 0 bridgehead atoms. The van der Waals surface area contributed by atoms with Crippen LogP contribution in [-0.2, 0) is 11.2 Å². The minimum atomic E-state index is -1.05. The van der Waals surface area contributed by atoms with Crippen molar-refractivity contribution in [1.82, 2.24) is 9.97 Å². The van der Waals surface area contributed by atoms with Crippen LogP contribution in [0.5, 0.6) is 23.0 Å². The molecule has 2 aromatic carbocycles. The van der Waals surface area contributed by atoms with E-state index in [1.54, 1.807) is 12.1 Å². The Bertz CT molecular complexity index is 1170. The quantitative estimate of drug-likeness (QED) is 0.462. The van der Waals surface area contributed by atoms with Crippen molar-refractivity contribution in [2.24, 2.45) is 0 Å². The van der Waals surface area contributed by atoms with Crippen LogP contribution in [0.15, 0.2) is 42.7 Å². The molecule has 0 unspecified atom stereocenters. The Labute approximate surface area is 197 Å². The van der Waals surface area contributed by atoms with Crippen molar-refractivity contribution in [2.45, 2.75) is 20.3 Å². The van der Waals surface area contributed by atoms with Gasteiger partial charge in [-0.15, -0.1) is 0 Å². The summed E-state index contributed by atoms with van der Waals surface area (Å²) in [5.41, 5.74) is 3.85. The van der Waals surface area contributed by atoms with Crippen molar-refractivity contribution in [3.63, 3.8) is 0 Å². The maximum atomic E-state index is 10.8. The van der Waals surface area contributed by atoms with Crippen molar-refractivity contribution in [3.8, 4) is 34.3 Å². The van der Waals surface area contributed by atoms with Crippen molar-refractivity contribution >= 4 is 11.8 Å². The molecule has 9 heteroatoms. The molecule has 0 radical (unpaired) electrons. The summed E-state index contributed by atoms with van der Waals surface area (Å²) in [6.45, 7) is 5.72. The SMILES string of the molecule is CCOc1cc(-c2cc(NCCc3cc4c(cc3C)OCCO4)ncn2)ccc1OCC(=O)O. The number of ether oxygens (including phenoxy) is 4. The summed E-state index contributed by atoms with van der Waals surface area (Å²) >= 11 is 0. The van der Waals surface area contributed by atoms with Gasteiger partial charge in [0.1, 0.15) is 25.4 Å². The molecule has 4 rings (SSSR count). The predicted molar refractivity (Wildman–Crippen MR) is 126 cm³/mol. The number of aliphatic carboxylic acids is 1. The molecule has 0 fully saturated rings. The number of nitrogens with one attached hydrogen (secondary N) is 1. The highest BCUT2D eigenvalue weighted by molar-refractivity contribution is 5.69. The van der Waals surface area contributed by atoms with Crippen molar-refractivity contribution in [3.05, 3.63) is 53.9 Å². The highest BCUT2D eigenvalue weighted by atomic mass is 16.6. The van der Waals surface area contributed by atoms with E-state index in [9.17, 15) is 4.79 Å². The Morgan fingerprint density at radius 2 is 1.85 bits per heavy atom. The Morgan fingerprint density at radius 1 is 1.06 bits per heavy atom. The first kappa shape index (κ1) is 23.2. The molecule has 178 valence electrons. The van der Waals surface area contributed by atoms with E-state index in [0.29, 0.717) is 49.4 Å². The van der Waals surface area contributed by atoms with Crippen LogP contribution >= 0.6 is 0 Å². The highest BCUT2D eigenvalue weighted by Gasteiger charge is 2.14. The van der Waals surface area contributed by atoms with Crippen LogP contribution in [0, 0.1) is 6.92 Å². The lowest BCUT2D eigenvalue weighted by atomic mass is 10.0. The van der Waals surface area contributed by atoms with Gasteiger partial charge >= 0.3 is 5.97 Å². The standard InChI is InChI=1S/C25H27N3O6/c1-3-31-22-12-18(4-5-20(22)34-14-25(29)30)19-13-24(28-15-27-19)26-7-6-17-11-23-21(10-16(17)2)32-8-9-33-23/h4-5,10-13,15H,3,6-9,14H2,1-2H3,(H,29,30)(H,26,27,28). The minimum Gasteiger partial charge on any atom is -0.490 e. The lowest BCUT2D eigenvalue weighted by Crippen LogP contribution is -2.16. The average molecular weight is 466 g/mol. The summed E-state index contributed by atoms with van der Waals surface area (Å²) in [5.74, 6) is 2.07. The van der Waals surface area contributed by atoms with Gasteiger partial charge < -0.3 is 29.4 Å². The molecule has 0 saturated carbocycles. The molecule has 0 spiro atoms. The Morgan fingerprint density at radius 3 is 2.62 bits per heavy atom. The van der Waals surface area contributed by atoms with Crippen molar-refractivity contribution < 1.29 is 28.8 Å². The zero-order valence-electron chi connectivity index (χ0n) is 19.2. The predicted octanol–water partition coefficient (Wildman–Crippen LogP) is 3.74. The van der Waals surface area contributed by atoms with E-state index in [1.807, 2.05) is 31.2 Å². The van der Waals surface area contributed by atoms with Crippen LogP contribution in [0.2, 0.25) is 0 Å². The van der Waals surface area contributed by atoms with Crippen molar-refractivity contribution in [2.75, 3.05) is 38.3 Å². The van der Waals surface area contributed by atoms with Gasteiger partial charge in [0.15, 0.2) is 29.6 Å². The molecular weight excluding hydrogens is 438 g/mol. The maximum absolute atomic E-state index is 10.8. The fourth-order valence-electron chi connectivity index (χ4n) is 3.63. The topological polar surface area (TPSA) is 112 Å². The Balaban J connectivity index is 1.44. The molecule has 34 heavy (non-hydrogen) atoms. The third-order valence-electron chi connectivity index (χ3n) is 5.26. The monoisotopic (exact) mass is 465 g/mol. The van der Waals surface area contributed by atoms with Crippen LogP contribution in [0.3, 0.4) is 0 Å². The zero-order valence-corrected chi connectivity index (χ0v) is 19.2. The summed E-state index contributed by atoms with van der Waals surface area (Å²) in [5, 5.41) is 12.2. The summed E-state index contributed by atoms with van der Waals surface area (Å²) in [7, 11) is 0. The number of fused-ring (bicyclic) bond motifs is 1. The molecular formula is C25H27N3O6. The fourth-order valence-corrected chi connectivity index (χ4v) is 3.63. The van der Waals surface area contributed by atoms with Gasteiger partial charge in [-0.1, -0.05) is 0 Å². The number of nitrogens with zero attached hydrogens (tertiary/aromatic N) is 2. The number of anilines is 1. The zero-order chi connectivity index (χ0) is 23.9. The van der Waals surface area contributed by atoms with Gasteiger partial charge in [0.05, 0.1) is 12.3 Å². The van der Waals surface area contributed by atoms with Crippen LogP contribution < -0.4 is 24.3 Å². The number of hydrogen-bond acceptors (Lipinski definition) is 8. The second-order valence-electron chi connectivity index (χ2n) is 7.66. The summed E-state index contributed by atoms with van der Waals surface area (Å²) < 4.78 is 22.3. The van der Waals surface area contributed by atoms with E-state index in [1.165, 1.54) is 11.9 Å². The molecule has 1 aromatic heterocycles. The number of aryl methyl sites for hydroxylation is 1. The average Bonchev–Trinajstić information content (AvgIpc) is 2.84.